The van der Waals surface area contributed by atoms with Crippen molar-refractivity contribution in [2.45, 2.75) is 19.8 Å². The Bertz CT molecular complexity index is 1360. The van der Waals surface area contributed by atoms with Gasteiger partial charge in [-0.05, 0) is 40.5 Å². The fourth-order valence-electron chi connectivity index (χ4n) is 4.19. The first-order valence-electron chi connectivity index (χ1n) is 10.0. The Hall–Kier alpha value is -3.59. The summed E-state index contributed by atoms with van der Waals surface area (Å²) in [6.07, 6.45) is 1.34. The lowest BCUT2D eigenvalue weighted by molar-refractivity contribution is -0.115. The third-order valence-corrected chi connectivity index (χ3v) is 5.62. The molecular weight excluding hydrogens is 356 g/mol. The quantitative estimate of drug-likeness (QED) is 0.383. The molecule has 0 unspecified atom stereocenters. The standard InChI is InChI=1S/C26H22N2O/c1-2-17-8-6-12-23-22-14-13-20(16-24(22)28-26(17)23)27-25(29)15-19-10-5-9-18-7-3-4-11-21(18)19/h3-14,16,28H,2,15H2,1H3,(H,27,29). The molecule has 1 heterocycles. The van der Waals surface area contributed by atoms with Crippen molar-refractivity contribution < 1.29 is 4.79 Å². The summed E-state index contributed by atoms with van der Waals surface area (Å²) in [6, 6.07) is 26.8. The molecule has 0 saturated heterocycles. The maximum Gasteiger partial charge on any atom is 0.228 e. The van der Waals surface area contributed by atoms with E-state index >= 15 is 0 Å². The van der Waals surface area contributed by atoms with E-state index in [0.717, 1.165) is 34.0 Å². The molecule has 142 valence electrons. The van der Waals surface area contributed by atoms with Gasteiger partial charge < -0.3 is 10.3 Å². The van der Waals surface area contributed by atoms with Gasteiger partial charge >= 0.3 is 0 Å². The average molecular weight is 378 g/mol. The van der Waals surface area contributed by atoms with Crippen molar-refractivity contribution in [3.8, 4) is 0 Å². The van der Waals surface area contributed by atoms with E-state index in [-0.39, 0.29) is 5.91 Å². The number of fused-ring (bicyclic) bond motifs is 4. The van der Waals surface area contributed by atoms with Crippen molar-refractivity contribution in [3.63, 3.8) is 0 Å². The van der Waals surface area contributed by atoms with Gasteiger partial charge in [0.2, 0.25) is 5.91 Å². The van der Waals surface area contributed by atoms with Crippen molar-refractivity contribution in [2.24, 2.45) is 0 Å². The van der Waals surface area contributed by atoms with Crippen molar-refractivity contribution in [2.75, 3.05) is 5.32 Å². The zero-order valence-electron chi connectivity index (χ0n) is 16.3. The number of aryl methyl sites for hydroxylation is 1. The minimum atomic E-state index is -0.00828. The molecule has 5 aromatic rings. The maximum atomic E-state index is 12.7. The molecular formula is C26H22N2O. The number of carbonyl (C=O) groups is 1. The Morgan fingerprint density at radius 2 is 1.59 bits per heavy atom. The maximum absolute atomic E-state index is 12.7. The summed E-state index contributed by atoms with van der Waals surface area (Å²) in [5.74, 6) is -0.00828. The normalized spacial score (nSPS) is 11.3. The SMILES string of the molecule is CCc1cccc2c1[nH]c1cc(NC(=O)Cc3cccc4ccccc34)ccc12. The summed E-state index contributed by atoms with van der Waals surface area (Å²) < 4.78 is 0. The molecule has 3 heteroatoms. The number of anilines is 1. The first-order valence-corrected chi connectivity index (χ1v) is 10.0. The number of hydrogen-bond donors (Lipinski definition) is 2. The molecule has 0 aliphatic carbocycles. The zero-order chi connectivity index (χ0) is 19.8. The van der Waals surface area contributed by atoms with Crippen LogP contribution in [0.4, 0.5) is 5.69 Å². The van der Waals surface area contributed by atoms with Crippen molar-refractivity contribution >= 4 is 44.2 Å². The van der Waals surface area contributed by atoms with Crippen LogP contribution in [0.25, 0.3) is 32.6 Å². The number of nitrogens with one attached hydrogen (secondary N) is 2. The van der Waals surface area contributed by atoms with Crippen LogP contribution in [0, 0.1) is 0 Å². The largest absolute Gasteiger partial charge is 0.354 e. The number of rotatable bonds is 4. The van der Waals surface area contributed by atoms with Gasteiger partial charge in [-0.25, -0.2) is 0 Å². The molecule has 29 heavy (non-hydrogen) atoms. The predicted octanol–water partition coefficient (Wildman–Crippen LogP) is 6.22. The molecule has 3 nitrogen and oxygen atoms in total. The van der Waals surface area contributed by atoms with E-state index in [1.807, 2.05) is 36.4 Å². The van der Waals surface area contributed by atoms with Crippen LogP contribution in [-0.2, 0) is 17.6 Å². The molecule has 4 aromatic carbocycles. The van der Waals surface area contributed by atoms with Crippen molar-refractivity contribution in [1.29, 1.82) is 0 Å². The average Bonchev–Trinajstić information content (AvgIpc) is 3.12. The first-order chi connectivity index (χ1) is 14.2. The van der Waals surface area contributed by atoms with Crippen LogP contribution in [0.5, 0.6) is 0 Å². The molecule has 0 saturated carbocycles. The second-order valence-electron chi connectivity index (χ2n) is 7.44. The summed E-state index contributed by atoms with van der Waals surface area (Å²) in [5.41, 5.74) is 5.39. The summed E-state index contributed by atoms with van der Waals surface area (Å²) in [4.78, 5) is 16.2. The van der Waals surface area contributed by atoms with E-state index < -0.39 is 0 Å². The molecule has 0 aliphatic rings. The fourth-order valence-corrected chi connectivity index (χ4v) is 4.19. The molecule has 0 fully saturated rings. The van der Waals surface area contributed by atoms with Crippen LogP contribution in [0.3, 0.4) is 0 Å². The topological polar surface area (TPSA) is 44.9 Å². The van der Waals surface area contributed by atoms with E-state index in [9.17, 15) is 4.79 Å². The smallest absolute Gasteiger partial charge is 0.228 e. The van der Waals surface area contributed by atoms with E-state index in [1.54, 1.807) is 0 Å². The number of hydrogen-bond acceptors (Lipinski definition) is 1. The summed E-state index contributed by atoms with van der Waals surface area (Å²) >= 11 is 0. The lowest BCUT2D eigenvalue weighted by Gasteiger charge is -2.08. The number of para-hydroxylation sites is 1. The molecule has 1 amide bonds. The number of H-pyrrole nitrogens is 1. The monoisotopic (exact) mass is 378 g/mol. The molecule has 1 aromatic heterocycles. The molecule has 0 bridgehead atoms. The van der Waals surface area contributed by atoms with Gasteiger partial charge in [-0.2, -0.15) is 0 Å². The van der Waals surface area contributed by atoms with E-state index in [4.69, 9.17) is 0 Å². The second kappa shape index (κ2) is 7.10. The van der Waals surface area contributed by atoms with Crippen LogP contribution in [0.1, 0.15) is 18.1 Å². The van der Waals surface area contributed by atoms with E-state index in [1.165, 1.54) is 21.9 Å². The Kier molecular flexibility index (Phi) is 4.28. The van der Waals surface area contributed by atoms with Gasteiger partial charge in [-0.15, -0.1) is 0 Å². The molecule has 0 spiro atoms. The van der Waals surface area contributed by atoms with E-state index in [2.05, 4.69) is 59.7 Å². The zero-order valence-corrected chi connectivity index (χ0v) is 16.3. The minimum Gasteiger partial charge on any atom is -0.354 e. The van der Waals surface area contributed by atoms with Gasteiger partial charge in [0, 0.05) is 27.5 Å². The third-order valence-electron chi connectivity index (χ3n) is 5.62. The molecule has 0 aliphatic heterocycles. The van der Waals surface area contributed by atoms with E-state index in [0.29, 0.717) is 6.42 Å². The third kappa shape index (κ3) is 3.15. The van der Waals surface area contributed by atoms with Crippen LogP contribution in [0.15, 0.2) is 78.9 Å². The van der Waals surface area contributed by atoms with Gasteiger partial charge in [-0.3, -0.25) is 4.79 Å². The highest BCUT2D eigenvalue weighted by molar-refractivity contribution is 6.09. The minimum absolute atomic E-state index is 0.00828. The Morgan fingerprint density at radius 1 is 0.828 bits per heavy atom. The molecule has 0 radical (unpaired) electrons. The molecule has 0 atom stereocenters. The highest BCUT2D eigenvalue weighted by atomic mass is 16.1. The van der Waals surface area contributed by atoms with Gasteiger partial charge in [0.05, 0.1) is 6.42 Å². The lowest BCUT2D eigenvalue weighted by atomic mass is 10.0. The molecule has 5 rings (SSSR count). The van der Waals surface area contributed by atoms with Crippen molar-refractivity contribution in [3.05, 3.63) is 90.0 Å². The van der Waals surface area contributed by atoms with Gasteiger partial charge in [-0.1, -0.05) is 73.7 Å². The van der Waals surface area contributed by atoms with Crippen LogP contribution in [-0.4, -0.2) is 10.9 Å². The number of amides is 1. The number of carbonyl (C=O) groups excluding carboxylic acids is 1. The number of aromatic nitrogens is 1. The predicted molar refractivity (Wildman–Crippen MR) is 121 cm³/mol. The second-order valence-corrected chi connectivity index (χ2v) is 7.44. The first kappa shape index (κ1) is 17.5. The van der Waals surface area contributed by atoms with Gasteiger partial charge in [0.25, 0.3) is 0 Å². The lowest BCUT2D eigenvalue weighted by Crippen LogP contribution is -2.14. The van der Waals surface area contributed by atoms with Crippen LogP contribution in [0.2, 0.25) is 0 Å². The Balaban J connectivity index is 1.43. The van der Waals surface area contributed by atoms with Crippen molar-refractivity contribution in [1.82, 2.24) is 4.98 Å². The van der Waals surface area contributed by atoms with Crippen LogP contribution < -0.4 is 5.32 Å². The number of aromatic amines is 1. The highest BCUT2D eigenvalue weighted by Gasteiger charge is 2.10. The molecule has 2 N–H and O–H groups in total. The van der Waals surface area contributed by atoms with Gasteiger partial charge in [0.1, 0.15) is 0 Å². The van der Waals surface area contributed by atoms with Gasteiger partial charge in [0.15, 0.2) is 0 Å². The highest BCUT2D eigenvalue weighted by Crippen LogP contribution is 2.30. The Labute approximate surface area is 169 Å². The van der Waals surface area contributed by atoms with Crippen LogP contribution >= 0.6 is 0 Å². The summed E-state index contributed by atoms with van der Waals surface area (Å²) in [6.45, 7) is 2.17. The fraction of sp³-hybridized carbons (Fsp3) is 0.115. The summed E-state index contributed by atoms with van der Waals surface area (Å²) in [7, 11) is 0. The number of benzene rings is 4. The Morgan fingerprint density at radius 3 is 2.48 bits per heavy atom. The summed E-state index contributed by atoms with van der Waals surface area (Å²) in [5, 5.41) is 7.76.